The monoisotopic (exact) mass is 219 g/mol. The van der Waals surface area contributed by atoms with Crippen LogP contribution in [0.25, 0.3) is 0 Å². The highest BCUT2D eigenvalue weighted by atomic mass is 19.1. The van der Waals surface area contributed by atoms with Gasteiger partial charge in [-0.1, -0.05) is 17.7 Å². The Morgan fingerprint density at radius 1 is 1.38 bits per heavy atom. The smallest absolute Gasteiger partial charge is 0.211 e. The first-order chi connectivity index (χ1) is 7.59. The molecule has 1 fully saturated rings. The Kier molecular flexibility index (Phi) is 2.64. The minimum absolute atomic E-state index is 0.232. The molecule has 0 saturated heterocycles. The van der Waals surface area contributed by atoms with E-state index in [0.717, 1.165) is 24.8 Å². The zero-order chi connectivity index (χ0) is 11.8. The molecule has 3 heteroatoms. The van der Waals surface area contributed by atoms with Gasteiger partial charge in [-0.2, -0.15) is 4.99 Å². The molecule has 0 aliphatic heterocycles. The number of hydrogen-bond donors (Lipinski definition) is 0. The molecule has 84 valence electrons. The van der Waals surface area contributed by atoms with Gasteiger partial charge in [0.05, 0.1) is 0 Å². The Labute approximate surface area is 94.2 Å². The summed E-state index contributed by atoms with van der Waals surface area (Å²) in [6.07, 6.45) is 4.04. The molecule has 0 N–H and O–H groups in total. The minimum Gasteiger partial charge on any atom is -0.211 e. The molecule has 1 aliphatic rings. The van der Waals surface area contributed by atoms with Gasteiger partial charge in [0, 0.05) is 5.56 Å². The lowest BCUT2D eigenvalue weighted by molar-refractivity contribution is 0.247. The Bertz CT molecular complexity index is 471. The van der Waals surface area contributed by atoms with Gasteiger partial charge in [0.1, 0.15) is 11.4 Å². The molecule has 0 amide bonds. The maximum Gasteiger partial charge on any atom is 0.235 e. The number of rotatable bonds is 2. The average molecular weight is 219 g/mol. The standard InChI is InChI=1S/C13H14FNO/c1-9-6-10(2)12(14)11(7-9)13(15-8-16)4-3-5-13/h6-7H,3-5H2,1-2H3. The van der Waals surface area contributed by atoms with Crippen LogP contribution in [0.5, 0.6) is 0 Å². The highest BCUT2D eigenvalue weighted by Gasteiger charge is 2.41. The number of aliphatic imine (C=N–C) groups is 1. The van der Waals surface area contributed by atoms with Crippen molar-refractivity contribution in [1.82, 2.24) is 0 Å². The second-order valence-corrected chi connectivity index (χ2v) is 4.53. The Morgan fingerprint density at radius 2 is 2.06 bits per heavy atom. The summed E-state index contributed by atoms with van der Waals surface area (Å²) >= 11 is 0. The van der Waals surface area contributed by atoms with Gasteiger partial charge in [0.2, 0.25) is 6.08 Å². The van der Waals surface area contributed by atoms with Crippen LogP contribution in [-0.4, -0.2) is 6.08 Å². The number of nitrogens with zero attached hydrogens (tertiary/aromatic N) is 1. The Morgan fingerprint density at radius 3 is 2.56 bits per heavy atom. The van der Waals surface area contributed by atoms with Crippen LogP contribution in [0, 0.1) is 19.7 Å². The number of hydrogen-bond acceptors (Lipinski definition) is 2. The Balaban J connectivity index is 2.58. The maximum absolute atomic E-state index is 14.0. The summed E-state index contributed by atoms with van der Waals surface area (Å²) in [6, 6.07) is 3.60. The van der Waals surface area contributed by atoms with Crippen LogP contribution in [0.3, 0.4) is 0 Å². The van der Waals surface area contributed by atoms with Crippen molar-refractivity contribution in [3.05, 3.63) is 34.6 Å². The SMILES string of the molecule is Cc1cc(C)c(F)c(C2(N=C=O)CCC2)c1. The normalized spacial score (nSPS) is 17.4. The van der Waals surface area contributed by atoms with E-state index in [1.807, 2.05) is 6.92 Å². The first kappa shape index (κ1) is 11.0. The quantitative estimate of drug-likeness (QED) is 0.555. The highest BCUT2D eigenvalue weighted by Crippen LogP contribution is 2.46. The van der Waals surface area contributed by atoms with Crippen LogP contribution in [0.2, 0.25) is 0 Å². The summed E-state index contributed by atoms with van der Waals surface area (Å²) in [6.45, 7) is 3.66. The van der Waals surface area contributed by atoms with Crippen LogP contribution >= 0.6 is 0 Å². The molecule has 1 aliphatic carbocycles. The van der Waals surface area contributed by atoms with Gasteiger partial charge in [0.15, 0.2) is 0 Å². The lowest BCUT2D eigenvalue weighted by Crippen LogP contribution is -2.33. The fourth-order valence-electron chi connectivity index (χ4n) is 2.33. The van der Waals surface area contributed by atoms with Crippen molar-refractivity contribution >= 4 is 6.08 Å². The Hall–Kier alpha value is -1.47. The van der Waals surface area contributed by atoms with E-state index in [-0.39, 0.29) is 5.82 Å². The number of halogens is 1. The van der Waals surface area contributed by atoms with Crippen molar-refractivity contribution in [2.45, 2.75) is 38.6 Å². The largest absolute Gasteiger partial charge is 0.235 e. The predicted molar refractivity (Wildman–Crippen MR) is 59.5 cm³/mol. The lowest BCUT2D eigenvalue weighted by Gasteiger charge is -2.37. The molecule has 0 unspecified atom stereocenters. The maximum atomic E-state index is 14.0. The van der Waals surface area contributed by atoms with Crippen molar-refractivity contribution in [3.63, 3.8) is 0 Å². The summed E-state index contributed by atoms with van der Waals surface area (Å²) in [5.41, 5.74) is 1.53. The predicted octanol–water partition coefficient (Wildman–Crippen LogP) is 3.16. The van der Waals surface area contributed by atoms with E-state index in [1.54, 1.807) is 25.1 Å². The van der Waals surface area contributed by atoms with Crippen LogP contribution < -0.4 is 0 Å². The lowest BCUT2D eigenvalue weighted by atomic mass is 9.71. The van der Waals surface area contributed by atoms with Gasteiger partial charge in [-0.05, 0) is 38.7 Å². The van der Waals surface area contributed by atoms with Gasteiger partial charge < -0.3 is 0 Å². The molecule has 2 nitrogen and oxygen atoms in total. The van der Waals surface area contributed by atoms with E-state index in [0.29, 0.717) is 11.1 Å². The first-order valence-electron chi connectivity index (χ1n) is 5.45. The molecule has 1 aromatic rings. The van der Waals surface area contributed by atoms with Crippen molar-refractivity contribution in [3.8, 4) is 0 Å². The molecule has 0 spiro atoms. The molecule has 2 rings (SSSR count). The second kappa shape index (κ2) is 3.84. The number of isocyanates is 1. The molecular weight excluding hydrogens is 205 g/mol. The number of carbonyl (C=O) groups excluding carboxylic acids is 1. The molecule has 0 radical (unpaired) electrons. The van der Waals surface area contributed by atoms with Gasteiger partial charge >= 0.3 is 0 Å². The summed E-state index contributed by atoms with van der Waals surface area (Å²) in [7, 11) is 0. The molecule has 1 saturated carbocycles. The van der Waals surface area contributed by atoms with E-state index in [1.165, 1.54) is 0 Å². The van der Waals surface area contributed by atoms with Gasteiger partial charge in [-0.25, -0.2) is 9.18 Å². The van der Waals surface area contributed by atoms with E-state index >= 15 is 0 Å². The molecule has 0 bridgehead atoms. The number of aryl methyl sites for hydroxylation is 2. The third-order valence-electron chi connectivity index (χ3n) is 3.34. The van der Waals surface area contributed by atoms with Crippen LogP contribution in [0.15, 0.2) is 17.1 Å². The van der Waals surface area contributed by atoms with E-state index in [2.05, 4.69) is 4.99 Å². The second-order valence-electron chi connectivity index (χ2n) is 4.53. The van der Waals surface area contributed by atoms with Crippen molar-refractivity contribution in [2.24, 2.45) is 4.99 Å². The molecule has 0 atom stereocenters. The fraction of sp³-hybridized carbons (Fsp3) is 0.462. The summed E-state index contributed by atoms with van der Waals surface area (Å²) in [4.78, 5) is 14.3. The topological polar surface area (TPSA) is 29.4 Å². The summed E-state index contributed by atoms with van der Waals surface area (Å²) in [5.74, 6) is -0.232. The van der Waals surface area contributed by atoms with Crippen molar-refractivity contribution in [2.75, 3.05) is 0 Å². The summed E-state index contributed by atoms with van der Waals surface area (Å²) < 4.78 is 14.0. The fourth-order valence-corrected chi connectivity index (χ4v) is 2.33. The van der Waals surface area contributed by atoms with E-state index < -0.39 is 5.54 Å². The average Bonchev–Trinajstić information content (AvgIpc) is 2.17. The van der Waals surface area contributed by atoms with Crippen LogP contribution in [0.4, 0.5) is 4.39 Å². The van der Waals surface area contributed by atoms with Crippen molar-refractivity contribution in [1.29, 1.82) is 0 Å². The molecule has 1 aromatic carbocycles. The zero-order valence-electron chi connectivity index (χ0n) is 9.51. The number of benzene rings is 1. The molecule has 0 heterocycles. The zero-order valence-corrected chi connectivity index (χ0v) is 9.51. The summed E-state index contributed by atoms with van der Waals surface area (Å²) in [5, 5.41) is 0. The van der Waals surface area contributed by atoms with E-state index in [4.69, 9.17) is 0 Å². The molecular formula is C13H14FNO. The van der Waals surface area contributed by atoms with Gasteiger partial charge in [0.25, 0.3) is 0 Å². The van der Waals surface area contributed by atoms with E-state index in [9.17, 15) is 9.18 Å². The third-order valence-corrected chi connectivity index (χ3v) is 3.34. The van der Waals surface area contributed by atoms with Crippen LogP contribution in [0.1, 0.15) is 36.0 Å². The van der Waals surface area contributed by atoms with Crippen molar-refractivity contribution < 1.29 is 9.18 Å². The minimum atomic E-state index is -0.636. The molecule has 0 aromatic heterocycles. The van der Waals surface area contributed by atoms with Gasteiger partial charge in [-0.15, -0.1) is 0 Å². The molecule has 16 heavy (non-hydrogen) atoms. The first-order valence-corrected chi connectivity index (χ1v) is 5.45. The van der Waals surface area contributed by atoms with Crippen LogP contribution in [-0.2, 0) is 10.3 Å². The highest BCUT2D eigenvalue weighted by molar-refractivity contribution is 5.42. The van der Waals surface area contributed by atoms with Gasteiger partial charge in [-0.3, -0.25) is 0 Å². The third kappa shape index (κ3) is 1.57.